The molecule has 1 aromatic rings. The van der Waals surface area contributed by atoms with Crippen molar-refractivity contribution in [1.29, 1.82) is 0 Å². The molecule has 0 aromatic heterocycles. The number of nitrogens with one attached hydrogen (secondary N) is 3. The van der Waals surface area contributed by atoms with Crippen molar-refractivity contribution in [2.45, 2.75) is 46.6 Å². The van der Waals surface area contributed by atoms with Crippen LogP contribution in [0.5, 0.6) is 0 Å². The zero-order valence-corrected chi connectivity index (χ0v) is 19.6. The van der Waals surface area contributed by atoms with Gasteiger partial charge in [0.25, 0.3) is 0 Å². The van der Waals surface area contributed by atoms with E-state index in [1.165, 1.54) is 12.8 Å². The van der Waals surface area contributed by atoms with E-state index >= 15 is 0 Å². The number of guanidine groups is 1. The highest BCUT2D eigenvalue weighted by molar-refractivity contribution is 14.0. The molecule has 1 saturated carbocycles. The highest BCUT2D eigenvalue weighted by atomic mass is 127. The van der Waals surface area contributed by atoms with Gasteiger partial charge in [0, 0.05) is 37.9 Å². The first-order valence-electron chi connectivity index (χ1n) is 10.1. The summed E-state index contributed by atoms with van der Waals surface area (Å²) in [6.07, 6.45) is 3.64. The standard InChI is InChI=1S/C21H34N4O2.HI/c1-4-22-21(23-12-5-13-27-15-18-6-7-18)24-14-17-8-10-19(11-9-17)25-20(26)16(2)3;/h8-11,16,18H,4-7,12-15H2,1-3H3,(H,25,26)(H2,22,23,24);1H. The van der Waals surface area contributed by atoms with Crippen LogP contribution >= 0.6 is 24.0 Å². The number of rotatable bonds is 11. The molecule has 1 fully saturated rings. The third-order valence-corrected chi connectivity index (χ3v) is 4.32. The molecule has 1 aromatic carbocycles. The lowest BCUT2D eigenvalue weighted by molar-refractivity contribution is -0.118. The van der Waals surface area contributed by atoms with Crippen LogP contribution in [0.4, 0.5) is 5.69 Å². The summed E-state index contributed by atoms with van der Waals surface area (Å²) in [7, 11) is 0. The fourth-order valence-corrected chi connectivity index (χ4v) is 2.41. The van der Waals surface area contributed by atoms with Crippen molar-refractivity contribution in [2.75, 3.05) is 31.6 Å². The molecule has 1 amide bonds. The molecule has 2 rings (SSSR count). The second kappa shape index (κ2) is 13.8. The van der Waals surface area contributed by atoms with Gasteiger partial charge in [-0.3, -0.25) is 4.79 Å². The summed E-state index contributed by atoms with van der Waals surface area (Å²) in [5.74, 6) is 1.64. The van der Waals surface area contributed by atoms with Gasteiger partial charge in [-0.2, -0.15) is 0 Å². The molecular weight excluding hydrogens is 467 g/mol. The zero-order valence-electron chi connectivity index (χ0n) is 17.3. The maximum atomic E-state index is 11.7. The number of carbonyl (C=O) groups is 1. The van der Waals surface area contributed by atoms with Crippen LogP contribution in [0.2, 0.25) is 0 Å². The highest BCUT2D eigenvalue weighted by Gasteiger charge is 2.20. The Kier molecular flexibility index (Phi) is 12.1. The molecule has 28 heavy (non-hydrogen) atoms. The number of amides is 1. The summed E-state index contributed by atoms with van der Waals surface area (Å²) in [5.41, 5.74) is 1.92. The molecular formula is C21H35IN4O2. The van der Waals surface area contributed by atoms with E-state index in [2.05, 4.69) is 27.9 Å². The molecule has 0 unspecified atom stereocenters. The van der Waals surface area contributed by atoms with E-state index in [0.29, 0.717) is 6.54 Å². The Hall–Kier alpha value is -1.35. The molecule has 0 heterocycles. The summed E-state index contributed by atoms with van der Waals surface area (Å²) < 4.78 is 5.65. The van der Waals surface area contributed by atoms with Crippen LogP contribution in [0.1, 0.15) is 45.6 Å². The number of hydrogen-bond donors (Lipinski definition) is 3. The first kappa shape index (κ1) is 24.7. The summed E-state index contributed by atoms with van der Waals surface area (Å²) in [6.45, 7) is 9.79. The molecule has 0 saturated heterocycles. The van der Waals surface area contributed by atoms with E-state index in [4.69, 9.17) is 4.74 Å². The maximum Gasteiger partial charge on any atom is 0.226 e. The minimum Gasteiger partial charge on any atom is -0.381 e. The molecule has 0 spiro atoms. The number of halogens is 1. The molecule has 0 bridgehead atoms. The molecule has 6 nitrogen and oxygen atoms in total. The molecule has 1 aliphatic rings. The van der Waals surface area contributed by atoms with Crippen LogP contribution in [0.15, 0.2) is 29.3 Å². The smallest absolute Gasteiger partial charge is 0.226 e. The summed E-state index contributed by atoms with van der Waals surface area (Å²) >= 11 is 0. The Labute approximate surface area is 186 Å². The molecule has 0 aliphatic heterocycles. The van der Waals surface area contributed by atoms with Crippen LogP contribution in [0, 0.1) is 11.8 Å². The fraction of sp³-hybridized carbons (Fsp3) is 0.619. The van der Waals surface area contributed by atoms with E-state index in [0.717, 1.165) is 55.9 Å². The van der Waals surface area contributed by atoms with Gasteiger partial charge in [0.05, 0.1) is 6.54 Å². The van der Waals surface area contributed by atoms with Crippen LogP contribution in [0.25, 0.3) is 0 Å². The van der Waals surface area contributed by atoms with E-state index in [9.17, 15) is 4.79 Å². The Balaban J connectivity index is 0.00000392. The summed E-state index contributed by atoms with van der Waals surface area (Å²) in [5, 5.41) is 9.51. The van der Waals surface area contributed by atoms with E-state index in [1.54, 1.807) is 0 Å². The summed E-state index contributed by atoms with van der Waals surface area (Å²) in [6, 6.07) is 7.83. The second-order valence-electron chi connectivity index (χ2n) is 7.33. The number of nitrogens with zero attached hydrogens (tertiary/aromatic N) is 1. The zero-order chi connectivity index (χ0) is 19.5. The predicted molar refractivity (Wildman–Crippen MR) is 126 cm³/mol. The third kappa shape index (κ3) is 10.3. The van der Waals surface area contributed by atoms with Crippen LogP contribution in [-0.4, -0.2) is 38.2 Å². The van der Waals surface area contributed by atoms with Gasteiger partial charge in [0.2, 0.25) is 5.91 Å². The van der Waals surface area contributed by atoms with Gasteiger partial charge >= 0.3 is 0 Å². The average molecular weight is 502 g/mol. The van der Waals surface area contributed by atoms with Gasteiger partial charge in [-0.1, -0.05) is 26.0 Å². The monoisotopic (exact) mass is 502 g/mol. The lowest BCUT2D eigenvalue weighted by Crippen LogP contribution is -2.38. The largest absolute Gasteiger partial charge is 0.381 e. The minimum absolute atomic E-state index is 0. The van der Waals surface area contributed by atoms with Gasteiger partial charge in [0.1, 0.15) is 0 Å². The second-order valence-corrected chi connectivity index (χ2v) is 7.33. The molecule has 7 heteroatoms. The van der Waals surface area contributed by atoms with Crippen LogP contribution in [-0.2, 0) is 16.1 Å². The third-order valence-electron chi connectivity index (χ3n) is 4.32. The molecule has 0 atom stereocenters. The van der Waals surface area contributed by atoms with Crippen LogP contribution in [0.3, 0.4) is 0 Å². The van der Waals surface area contributed by atoms with Gasteiger partial charge in [0.15, 0.2) is 5.96 Å². The van der Waals surface area contributed by atoms with Crippen molar-refractivity contribution in [3.63, 3.8) is 0 Å². The lowest BCUT2D eigenvalue weighted by atomic mass is 10.2. The average Bonchev–Trinajstić information content (AvgIpc) is 3.47. The van der Waals surface area contributed by atoms with Gasteiger partial charge < -0.3 is 20.7 Å². The Morgan fingerprint density at radius 2 is 1.93 bits per heavy atom. The first-order chi connectivity index (χ1) is 13.1. The van der Waals surface area contributed by atoms with Gasteiger partial charge in [-0.15, -0.1) is 24.0 Å². The quantitative estimate of drug-likeness (QED) is 0.187. The fourth-order valence-electron chi connectivity index (χ4n) is 2.41. The molecule has 158 valence electrons. The van der Waals surface area contributed by atoms with E-state index in [-0.39, 0.29) is 35.8 Å². The van der Waals surface area contributed by atoms with Gasteiger partial charge in [-0.25, -0.2) is 4.99 Å². The normalized spacial score (nSPS) is 13.8. The highest BCUT2D eigenvalue weighted by Crippen LogP contribution is 2.28. The number of ether oxygens (including phenoxy) is 1. The minimum atomic E-state index is -0.0258. The molecule has 1 aliphatic carbocycles. The van der Waals surface area contributed by atoms with E-state index < -0.39 is 0 Å². The van der Waals surface area contributed by atoms with Crippen molar-refractivity contribution in [3.8, 4) is 0 Å². The van der Waals surface area contributed by atoms with Crippen LogP contribution < -0.4 is 16.0 Å². The molecule has 0 radical (unpaired) electrons. The maximum absolute atomic E-state index is 11.7. The lowest BCUT2D eigenvalue weighted by Gasteiger charge is -2.12. The number of benzene rings is 1. The SMILES string of the molecule is CCNC(=NCc1ccc(NC(=O)C(C)C)cc1)NCCCOCC1CC1.I. The van der Waals surface area contributed by atoms with Gasteiger partial charge in [-0.05, 0) is 49.8 Å². The van der Waals surface area contributed by atoms with Crippen molar-refractivity contribution in [2.24, 2.45) is 16.8 Å². The number of aliphatic imine (C=N–C) groups is 1. The Morgan fingerprint density at radius 1 is 1.21 bits per heavy atom. The van der Waals surface area contributed by atoms with Crippen molar-refractivity contribution >= 4 is 41.5 Å². The van der Waals surface area contributed by atoms with Crippen molar-refractivity contribution < 1.29 is 9.53 Å². The van der Waals surface area contributed by atoms with Crippen molar-refractivity contribution in [1.82, 2.24) is 10.6 Å². The predicted octanol–water partition coefficient (Wildman–Crippen LogP) is 3.77. The summed E-state index contributed by atoms with van der Waals surface area (Å²) in [4.78, 5) is 16.4. The first-order valence-corrected chi connectivity index (χ1v) is 10.1. The molecule has 3 N–H and O–H groups in total. The number of carbonyl (C=O) groups excluding carboxylic acids is 1. The topological polar surface area (TPSA) is 74.8 Å². The Morgan fingerprint density at radius 3 is 2.54 bits per heavy atom. The Bertz CT molecular complexity index is 601. The van der Waals surface area contributed by atoms with E-state index in [1.807, 2.05) is 38.1 Å². The number of hydrogen-bond acceptors (Lipinski definition) is 3. The number of anilines is 1. The van der Waals surface area contributed by atoms with Crippen molar-refractivity contribution in [3.05, 3.63) is 29.8 Å².